The minimum Gasteiger partial charge on any atom is -0.462 e. The molecule has 0 aromatic rings. The molecule has 0 aliphatic carbocycles. The largest absolute Gasteiger partial charge is 0.462 e. The third-order valence-corrected chi connectivity index (χ3v) is 13.4. The third-order valence-electron chi connectivity index (χ3n) is 13.4. The molecule has 0 aliphatic rings. The van der Waals surface area contributed by atoms with E-state index < -0.39 is 6.10 Å². The Morgan fingerprint density at radius 1 is 0.256 bits per heavy atom. The summed E-state index contributed by atoms with van der Waals surface area (Å²) in [5.74, 6) is -1.03. The highest BCUT2D eigenvalue weighted by Crippen LogP contribution is 2.14. The molecule has 0 heterocycles. The summed E-state index contributed by atoms with van der Waals surface area (Å²) in [5, 5.41) is 0. The van der Waals surface area contributed by atoms with E-state index in [-0.39, 0.29) is 37.5 Å². The number of hydrogen-bond donors (Lipinski definition) is 0. The van der Waals surface area contributed by atoms with Crippen LogP contribution in [0.1, 0.15) is 271 Å². The Balaban J connectivity index is 4.39. The molecule has 0 aromatic heterocycles. The Labute approximate surface area is 504 Å². The van der Waals surface area contributed by atoms with E-state index in [0.717, 1.165) is 141 Å². The molecule has 460 valence electrons. The van der Waals surface area contributed by atoms with Gasteiger partial charge in [0.25, 0.3) is 0 Å². The lowest BCUT2D eigenvalue weighted by Gasteiger charge is -2.18. The Morgan fingerprint density at radius 2 is 0.500 bits per heavy atom. The van der Waals surface area contributed by atoms with Crippen molar-refractivity contribution < 1.29 is 28.6 Å². The smallest absolute Gasteiger partial charge is 0.306 e. The molecular weight excluding hydrogens is 1010 g/mol. The molecule has 1 atom stereocenters. The number of carbonyl (C=O) groups excluding carboxylic acids is 3. The van der Waals surface area contributed by atoms with Crippen LogP contribution in [0.25, 0.3) is 0 Å². The van der Waals surface area contributed by atoms with E-state index in [2.05, 4.69) is 179 Å². The summed E-state index contributed by atoms with van der Waals surface area (Å²) >= 11 is 0. The summed E-state index contributed by atoms with van der Waals surface area (Å²) in [6.45, 7) is 6.32. The van der Waals surface area contributed by atoms with E-state index in [1.165, 1.54) is 83.5 Å². The van der Waals surface area contributed by atoms with Crippen molar-refractivity contribution >= 4 is 17.9 Å². The molecule has 0 aromatic carbocycles. The van der Waals surface area contributed by atoms with E-state index in [0.29, 0.717) is 19.3 Å². The van der Waals surface area contributed by atoms with Crippen LogP contribution in [0.4, 0.5) is 0 Å². The summed E-state index contributed by atoms with van der Waals surface area (Å²) in [4.78, 5) is 38.3. The molecule has 0 radical (unpaired) electrons. The van der Waals surface area contributed by atoms with Gasteiger partial charge < -0.3 is 14.2 Å². The minimum atomic E-state index is -0.826. The Hall–Kier alpha value is -5.23. The fraction of sp³-hybridized carbons (Fsp3) is 0.592. The standard InChI is InChI=1S/C76H120O6/c1-4-7-10-13-16-19-22-25-27-29-31-32-33-34-35-36-37-38-39-40-41-42-43-44-45-47-48-51-54-57-60-63-66-69-75(78)81-72-73(71-80-74(77)68-65-62-59-56-53-50-24-21-18-15-12-9-6-3)82-76(79)70-67-64-61-58-55-52-49-46-30-28-26-23-20-17-14-11-8-5-2/h7,9-10,12,16,18-19,21,25,27-28,30-32,34-35,37-38,40-41,43-44,47-48,50,53,59,62,73H,4-6,8,11,13-15,17,20,22-24,26,29,33,36,39,42,45-46,49,51-52,54-58,60-61,63-72H2,1-3H3/b10-7-,12-9-,19-16-,21-18-,27-25-,30-28-,32-31-,35-34-,38-37-,41-40-,44-43-,48-47-,53-50-,62-59-. The molecule has 0 spiro atoms. The van der Waals surface area contributed by atoms with Crippen molar-refractivity contribution in [3.8, 4) is 0 Å². The maximum Gasteiger partial charge on any atom is 0.306 e. The van der Waals surface area contributed by atoms with Crippen molar-refractivity contribution in [1.82, 2.24) is 0 Å². The molecule has 6 nitrogen and oxygen atoms in total. The summed E-state index contributed by atoms with van der Waals surface area (Å²) in [6, 6.07) is 0. The van der Waals surface area contributed by atoms with Crippen molar-refractivity contribution in [3.63, 3.8) is 0 Å². The zero-order chi connectivity index (χ0) is 59.2. The van der Waals surface area contributed by atoms with Crippen LogP contribution in [0.3, 0.4) is 0 Å². The van der Waals surface area contributed by atoms with Gasteiger partial charge in [0.15, 0.2) is 6.10 Å². The normalized spacial score (nSPS) is 13.3. The second-order valence-corrected chi connectivity index (χ2v) is 21.3. The number of unbranched alkanes of at least 4 members (excludes halogenated alkanes) is 19. The maximum absolute atomic E-state index is 12.9. The third kappa shape index (κ3) is 65.6. The minimum absolute atomic E-state index is 0.119. The number of hydrogen-bond acceptors (Lipinski definition) is 6. The van der Waals surface area contributed by atoms with Crippen LogP contribution in [-0.2, 0) is 28.6 Å². The Kier molecular flexibility index (Phi) is 63.9. The van der Waals surface area contributed by atoms with Gasteiger partial charge >= 0.3 is 17.9 Å². The van der Waals surface area contributed by atoms with E-state index in [1.807, 2.05) is 12.2 Å². The number of rotatable bonds is 58. The molecule has 0 bridgehead atoms. The average Bonchev–Trinajstić information content (AvgIpc) is 3.47. The molecule has 0 fully saturated rings. The number of carbonyl (C=O) groups is 3. The molecule has 0 saturated carbocycles. The molecule has 6 heteroatoms. The van der Waals surface area contributed by atoms with Crippen LogP contribution in [-0.4, -0.2) is 37.2 Å². The van der Waals surface area contributed by atoms with Crippen LogP contribution in [0.15, 0.2) is 170 Å². The van der Waals surface area contributed by atoms with Gasteiger partial charge in [0.2, 0.25) is 0 Å². The highest BCUT2D eigenvalue weighted by molar-refractivity contribution is 5.71. The van der Waals surface area contributed by atoms with Gasteiger partial charge in [-0.1, -0.05) is 281 Å². The van der Waals surface area contributed by atoms with Gasteiger partial charge in [0, 0.05) is 19.3 Å². The second kappa shape index (κ2) is 68.3. The first-order chi connectivity index (χ1) is 40.5. The van der Waals surface area contributed by atoms with Crippen molar-refractivity contribution in [1.29, 1.82) is 0 Å². The topological polar surface area (TPSA) is 78.9 Å². The predicted octanol–water partition coefficient (Wildman–Crippen LogP) is 23.0. The predicted molar refractivity (Wildman–Crippen MR) is 357 cm³/mol. The van der Waals surface area contributed by atoms with Gasteiger partial charge in [-0.15, -0.1) is 0 Å². The lowest BCUT2D eigenvalue weighted by molar-refractivity contribution is -0.166. The second-order valence-electron chi connectivity index (χ2n) is 21.3. The van der Waals surface area contributed by atoms with Crippen LogP contribution < -0.4 is 0 Å². The van der Waals surface area contributed by atoms with Crippen molar-refractivity contribution in [2.75, 3.05) is 13.2 Å². The molecule has 0 aliphatic heterocycles. The highest BCUT2D eigenvalue weighted by Gasteiger charge is 2.19. The van der Waals surface area contributed by atoms with Gasteiger partial charge in [-0.25, -0.2) is 0 Å². The molecule has 0 saturated heterocycles. The maximum atomic E-state index is 12.9. The Morgan fingerprint density at radius 3 is 0.829 bits per heavy atom. The Bertz CT molecular complexity index is 1870. The van der Waals surface area contributed by atoms with E-state index in [1.54, 1.807) is 0 Å². The summed E-state index contributed by atoms with van der Waals surface area (Å²) in [6.07, 6.45) is 101. The SMILES string of the molecule is CC/C=C\C/C=C\C/C=C\C/C=C\C/C=C\C/C=C\C/C=C\C/C=C\C/C=C\CCCCCCCC(=O)OCC(COC(=O)CC/C=C\C/C=C\C/C=C\C/C=C\CC)OC(=O)CCCCCCCCC/C=C\CCCCCCCCC. The molecule has 82 heavy (non-hydrogen) atoms. The number of allylic oxidation sites excluding steroid dienone is 28. The number of ether oxygens (including phenoxy) is 3. The van der Waals surface area contributed by atoms with Crippen LogP contribution in [0, 0.1) is 0 Å². The first kappa shape index (κ1) is 76.8. The lowest BCUT2D eigenvalue weighted by Crippen LogP contribution is -2.30. The highest BCUT2D eigenvalue weighted by atomic mass is 16.6. The van der Waals surface area contributed by atoms with Crippen molar-refractivity contribution in [2.45, 2.75) is 277 Å². The van der Waals surface area contributed by atoms with Crippen LogP contribution in [0.2, 0.25) is 0 Å². The fourth-order valence-electron chi connectivity index (χ4n) is 8.56. The summed E-state index contributed by atoms with van der Waals surface area (Å²) < 4.78 is 16.8. The van der Waals surface area contributed by atoms with E-state index >= 15 is 0 Å². The molecule has 0 N–H and O–H groups in total. The number of esters is 3. The van der Waals surface area contributed by atoms with E-state index in [4.69, 9.17) is 14.2 Å². The van der Waals surface area contributed by atoms with Gasteiger partial charge in [0.05, 0.1) is 0 Å². The molecule has 1 unspecified atom stereocenters. The van der Waals surface area contributed by atoms with E-state index in [9.17, 15) is 14.4 Å². The van der Waals surface area contributed by atoms with Gasteiger partial charge in [-0.3, -0.25) is 14.4 Å². The summed E-state index contributed by atoms with van der Waals surface area (Å²) in [5.41, 5.74) is 0. The van der Waals surface area contributed by atoms with Gasteiger partial charge in [-0.2, -0.15) is 0 Å². The first-order valence-corrected chi connectivity index (χ1v) is 33.1. The quantitative estimate of drug-likeness (QED) is 0.0261. The van der Waals surface area contributed by atoms with Crippen LogP contribution >= 0.6 is 0 Å². The fourth-order valence-corrected chi connectivity index (χ4v) is 8.56. The molecular formula is C76H120O6. The zero-order valence-corrected chi connectivity index (χ0v) is 52.7. The first-order valence-electron chi connectivity index (χ1n) is 33.1. The summed E-state index contributed by atoms with van der Waals surface area (Å²) in [7, 11) is 0. The van der Waals surface area contributed by atoms with Crippen molar-refractivity contribution in [3.05, 3.63) is 170 Å². The zero-order valence-electron chi connectivity index (χ0n) is 52.7. The lowest BCUT2D eigenvalue weighted by atomic mass is 10.1. The van der Waals surface area contributed by atoms with Gasteiger partial charge in [0.1, 0.15) is 13.2 Å². The molecule has 0 rings (SSSR count). The van der Waals surface area contributed by atoms with Crippen molar-refractivity contribution in [2.24, 2.45) is 0 Å². The monoisotopic (exact) mass is 1130 g/mol. The van der Waals surface area contributed by atoms with Gasteiger partial charge in [-0.05, 0) is 141 Å². The average molecular weight is 1130 g/mol. The van der Waals surface area contributed by atoms with Crippen LogP contribution in [0.5, 0.6) is 0 Å². The molecule has 0 amide bonds.